The van der Waals surface area contributed by atoms with Crippen LogP contribution in [0.2, 0.25) is 0 Å². The van der Waals surface area contributed by atoms with Crippen LogP contribution in [0.3, 0.4) is 0 Å². The van der Waals surface area contributed by atoms with E-state index in [0.717, 1.165) is 10.5 Å². The Labute approximate surface area is 154 Å². The van der Waals surface area contributed by atoms with Crippen molar-refractivity contribution in [2.45, 2.75) is 33.2 Å². The first-order valence-corrected chi connectivity index (χ1v) is 9.12. The van der Waals surface area contributed by atoms with Gasteiger partial charge in [0.1, 0.15) is 16.3 Å². The highest BCUT2D eigenvalue weighted by Gasteiger charge is 2.18. The molecule has 0 unspecified atom stereocenters. The van der Waals surface area contributed by atoms with E-state index in [1.54, 1.807) is 18.3 Å². The molecule has 8 heteroatoms. The Morgan fingerprint density at radius 1 is 1.35 bits per heavy atom. The lowest BCUT2D eigenvalue weighted by Gasteiger charge is -2.12. The summed E-state index contributed by atoms with van der Waals surface area (Å²) in [7, 11) is 1.54. The van der Waals surface area contributed by atoms with Gasteiger partial charge in [0.15, 0.2) is 0 Å². The third-order valence-corrected chi connectivity index (χ3v) is 5.17. The second kappa shape index (κ2) is 7.25. The van der Waals surface area contributed by atoms with Crippen molar-refractivity contribution in [3.05, 3.63) is 45.2 Å². The summed E-state index contributed by atoms with van der Waals surface area (Å²) in [6.07, 6.45) is 1.58. The predicted octanol–water partition coefficient (Wildman–Crippen LogP) is 3.26. The van der Waals surface area contributed by atoms with Gasteiger partial charge in [-0.15, -0.1) is 10.2 Å². The molecule has 0 saturated carbocycles. The number of hydrogen-bond donors (Lipinski definition) is 1. The second-order valence-corrected chi connectivity index (χ2v) is 7.10. The maximum Gasteiger partial charge on any atom is 0.262 e. The molecule has 0 bridgehead atoms. The molecule has 0 aliphatic heterocycles. The number of nitrogens with zero attached hydrogens (tertiary/aromatic N) is 3. The number of ether oxygens (including phenoxy) is 1. The maximum absolute atomic E-state index is 12.8. The molecule has 26 heavy (non-hydrogen) atoms. The number of methoxy groups -OCH3 is 1. The minimum absolute atomic E-state index is 0.0638. The van der Waals surface area contributed by atoms with Crippen LogP contribution in [-0.4, -0.2) is 27.8 Å². The van der Waals surface area contributed by atoms with Gasteiger partial charge in [-0.1, -0.05) is 25.2 Å². The first kappa shape index (κ1) is 18.1. The Morgan fingerprint density at radius 3 is 2.73 bits per heavy atom. The van der Waals surface area contributed by atoms with Gasteiger partial charge in [-0.3, -0.25) is 14.9 Å². The van der Waals surface area contributed by atoms with Crippen LogP contribution < -0.4 is 15.5 Å². The third-order valence-electron chi connectivity index (χ3n) is 4.03. The van der Waals surface area contributed by atoms with Crippen LogP contribution in [0.5, 0.6) is 5.75 Å². The largest absolute Gasteiger partial charge is 0.497 e. The molecule has 1 aromatic carbocycles. The van der Waals surface area contributed by atoms with E-state index in [-0.39, 0.29) is 16.9 Å². The average molecular weight is 372 g/mol. The molecule has 1 amide bonds. The van der Waals surface area contributed by atoms with Crippen molar-refractivity contribution >= 4 is 33.3 Å². The van der Waals surface area contributed by atoms with E-state index >= 15 is 0 Å². The van der Waals surface area contributed by atoms with Gasteiger partial charge >= 0.3 is 0 Å². The Kier molecular flexibility index (Phi) is 5.03. The van der Waals surface area contributed by atoms with Crippen molar-refractivity contribution < 1.29 is 9.53 Å². The van der Waals surface area contributed by atoms with E-state index in [4.69, 9.17) is 4.74 Å². The lowest BCUT2D eigenvalue weighted by Crippen LogP contribution is -2.23. The molecule has 0 aliphatic carbocycles. The smallest absolute Gasteiger partial charge is 0.262 e. The minimum Gasteiger partial charge on any atom is -0.497 e. The van der Waals surface area contributed by atoms with Gasteiger partial charge in [0, 0.05) is 18.7 Å². The summed E-state index contributed by atoms with van der Waals surface area (Å²) < 4.78 is 7.07. The van der Waals surface area contributed by atoms with Crippen molar-refractivity contribution in [2.75, 3.05) is 12.4 Å². The zero-order valence-electron chi connectivity index (χ0n) is 15.1. The maximum atomic E-state index is 12.8. The first-order valence-electron chi connectivity index (χ1n) is 8.30. The van der Waals surface area contributed by atoms with Gasteiger partial charge in [0.25, 0.3) is 5.91 Å². The highest BCUT2D eigenvalue weighted by atomic mass is 32.1. The molecule has 2 heterocycles. The SMILES string of the molecule is CCn1cc(C(=O)Nc2nnc(C(C)C)s2)c(=O)c2cc(OC)ccc21. The van der Waals surface area contributed by atoms with Crippen LogP contribution in [0.15, 0.2) is 29.2 Å². The minimum atomic E-state index is -0.492. The van der Waals surface area contributed by atoms with Crippen molar-refractivity contribution in [1.29, 1.82) is 0 Å². The van der Waals surface area contributed by atoms with Crippen LogP contribution in [0.1, 0.15) is 42.1 Å². The number of rotatable bonds is 5. The van der Waals surface area contributed by atoms with Crippen molar-refractivity contribution in [2.24, 2.45) is 0 Å². The molecule has 1 N–H and O–H groups in total. The zero-order valence-corrected chi connectivity index (χ0v) is 15.9. The fourth-order valence-electron chi connectivity index (χ4n) is 2.61. The van der Waals surface area contributed by atoms with Gasteiger partial charge in [0.2, 0.25) is 10.6 Å². The summed E-state index contributed by atoms with van der Waals surface area (Å²) in [4.78, 5) is 25.5. The lowest BCUT2D eigenvalue weighted by molar-refractivity contribution is 0.102. The van der Waals surface area contributed by atoms with Gasteiger partial charge in [-0.05, 0) is 25.1 Å². The van der Waals surface area contributed by atoms with Crippen molar-refractivity contribution in [3.8, 4) is 5.75 Å². The molecule has 0 atom stereocenters. The molecule has 2 aromatic heterocycles. The van der Waals surface area contributed by atoms with E-state index in [9.17, 15) is 9.59 Å². The number of aromatic nitrogens is 3. The number of aryl methyl sites for hydroxylation is 1. The van der Waals surface area contributed by atoms with Gasteiger partial charge in [-0.2, -0.15) is 0 Å². The highest BCUT2D eigenvalue weighted by Crippen LogP contribution is 2.23. The molecular weight excluding hydrogens is 352 g/mol. The van der Waals surface area contributed by atoms with E-state index < -0.39 is 5.91 Å². The quantitative estimate of drug-likeness (QED) is 0.743. The lowest BCUT2D eigenvalue weighted by atomic mass is 10.1. The number of anilines is 1. The number of carbonyl (C=O) groups excluding carboxylic acids is 1. The van der Waals surface area contributed by atoms with E-state index in [0.29, 0.717) is 22.8 Å². The normalized spacial score (nSPS) is 11.1. The summed E-state index contributed by atoms with van der Waals surface area (Å²) in [5.41, 5.74) is 0.483. The number of hydrogen-bond acceptors (Lipinski definition) is 6. The van der Waals surface area contributed by atoms with Crippen molar-refractivity contribution in [1.82, 2.24) is 14.8 Å². The molecule has 0 aliphatic rings. The van der Waals surface area contributed by atoms with E-state index in [2.05, 4.69) is 15.5 Å². The molecule has 0 radical (unpaired) electrons. The average Bonchev–Trinajstić information content (AvgIpc) is 3.10. The highest BCUT2D eigenvalue weighted by molar-refractivity contribution is 7.15. The Morgan fingerprint density at radius 2 is 2.12 bits per heavy atom. The molecule has 3 aromatic rings. The number of nitrogens with one attached hydrogen (secondary N) is 1. The summed E-state index contributed by atoms with van der Waals surface area (Å²) in [6, 6.07) is 5.27. The fraction of sp³-hybridized carbons (Fsp3) is 0.333. The summed E-state index contributed by atoms with van der Waals surface area (Å²) >= 11 is 1.31. The van der Waals surface area contributed by atoms with Crippen LogP contribution in [0, 0.1) is 0 Å². The Balaban J connectivity index is 2.04. The number of benzene rings is 1. The second-order valence-electron chi connectivity index (χ2n) is 6.10. The summed E-state index contributed by atoms with van der Waals surface area (Å²) in [6.45, 7) is 6.58. The molecule has 7 nitrogen and oxygen atoms in total. The number of carbonyl (C=O) groups is 1. The Hall–Kier alpha value is -2.74. The summed E-state index contributed by atoms with van der Waals surface area (Å²) in [5, 5.41) is 12.4. The molecule has 0 spiro atoms. The topological polar surface area (TPSA) is 86.1 Å². The Bertz CT molecular complexity index is 1020. The predicted molar refractivity (Wildman–Crippen MR) is 102 cm³/mol. The van der Waals surface area contributed by atoms with E-state index in [1.807, 2.05) is 31.4 Å². The zero-order chi connectivity index (χ0) is 18.8. The van der Waals surface area contributed by atoms with Crippen LogP contribution in [0.4, 0.5) is 5.13 Å². The van der Waals surface area contributed by atoms with Gasteiger partial charge in [0.05, 0.1) is 18.0 Å². The molecule has 0 fully saturated rings. The van der Waals surface area contributed by atoms with Gasteiger partial charge < -0.3 is 9.30 Å². The standard InChI is InChI=1S/C18H20N4O3S/c1-5-22-9-13(15(23)12-8-11(25-4)6-7-14(12)22)16(24)19-18-21-20-17(26-18)10(2)3/h6-10H,5H2,1-4H3,(H,19,21,24). The van der Waals surface area contributed by atoms with Crippen LogP contribution in [-0.2, 0) is 6.54 Å². The molecular formula is C18H20N4O3S. The number of pyridine rings is 1. The number of fused-ring (bicyclic) bond motifs is 1. The van der Waals surface area contributed by atoms with Crippen LogP contribution in [0.25, 0.3) is 10.9 Å². The molecule has 136 valence electrons. The van der Waals surface area contributed by atoms with E-state index in [1.165, 1.54) is 18.4 Å². The monoisotopic (exact) mass is 372 g/mol. The first-order chi connectivity index (χ1) is 12.4. The summed E-state index contributed by atoms with van der Waals surface area (Å²) in [5.74, 6) is 0.303. The molecule has 0 saturated heterocycles. The molecule has 3 rings (SSSR count). The van der Waals surface area contributed by atoms with Crippen molar-refractivity contribution in [3.63, 3.8) is 0 Å². The fourth-order valence-corrected chi connectivity index (χ4v) is 3.35. The number of amides is 1. The van der Waals surface area contributed by atoms with Crippen LogP contribution >= 0.6 is 11.3 Å². The van der Waals surface area contributed by atoms with Gasteiger partial charge in [-0.25, -0.2) is 0 Å². The third kappa shape index (κ3) is 3.32.